The minimum atomic E-state index is 0.487. The van der Waals surface area contributed by atoms with E-state index in [0.29, 0.717) is 5.41 Å². The second kappa shape index (κ2) is 3.76. The fraction of sp³-hybridized carbons (Fsp3) is 0.667. The average molecular weight is 242 g/mol. The van der Waals surface area contributed by atoms with Crippen LogP contribution >= 0.6 is 22.9 Å². The van der Waals surface area contributed by atoms with Crippen LogP contribution in [0.2, 0.25) is 4.34 Å². The predicted molar refractivity (Wildman–Crippen MR) is 65.8 cm³/mol. The lowest BCUT2D eigenvalue weighted by Gasteiger charge is -2.46. The summed E-state index contributed by atoms with van der Waals surface area (Å²) in [6, 6.07) is 4.31. The summed E-state index contributed by atoms with van der Waals surface area (Å²) in [5.41, 5.74) is 0.487. The van der Waals surface area contributed by atoms with Crippen molar-refractivity contribution in [2.24, 2.45) is 5.92 Å². The maximum absolute atomic E-state index is 6.06. The fourth-order valence-electron chi connectivity index (χ4n) is 3.12. The van der Waals surface area contributed by atoms with Crippen LogP contribution < -0.4 is 5.32 Å². The summed E-state index contributed by atoms with van der Waals surface area (Å²) in [6.07, 6.45) is 5.48. The highest BCUT2D eigenvalue weighted by molar-refractivity contribution is 7.16. The van der Waals surface area contributed by atoms with Crippen LogP contribution in [-0.2, 0) is 5.41 Å². The number of halogens is 1. The zero-order chi connectivity index (χ0) is 10.3. The minimum absolute atomic E-state index is 0.487. The zero-order valence-corrected chi connectivity index (χ0v) is 10.3. The second-order valence-electron chi connectivity index (χ2n) is 4.80. The number of nitrogens with one attached hydrogen (secondary N) is 1. The molecule has 1 atom stereocenters. The van der Waals surface area contributed by atoms with Crippen molar-refractivity contribution in [2.75, 3.05) is 13.1 Å². The van der Waals surface area contributed by atoms with Crippen molar-refractivity contribution in [1.29, 1.82) is 0 Å². The largest absolute Gasteiger partial charge is 0.316 e. The fourth-order valence-corrected chi connectivity index (χ4v) is 4.49. The molecule has 1 unspecified atom stereocenters. The Hall–Kier alpha value is -0.0500. The molecule has 1 aromatic rings. The van der Waals surface area contributed by atoms with E-state index >= 15 is 0 Å². The van der Waals surface area contributed by atoms with Crippen molar-refractivity contribution >= 4 is 22.9 Å². The van der Waals surface area contributed by atoms with Crippen LogP contribution in [0.3, 0.4) is 0 Å². The van der Waals surface area contributed by atoms with Gasteiger partial charge in [0.05, 0.1) is 4.34 Å². The standard InChI is InChI=1S/C12H16ClNS/c13-11-3-2-10(15-11)12(5-1-6-12)9-4-7-14-8-9/h2-3,9,14H,1,4-8H2. The maximum atomic E-state index is 6.06. The van der Waals surface area contributed by atoms with Gasteiger partial charge < -0.3 is 5.32 Å². The Morgan fingerprint density at radius 3 is 2.73 bits per heavy atom. The van der Waals surface area contributed by atoms with Gasteiger partial charge in [-0.15, -0.1) is 11.3 Å². The van der Waals surface area contributed by atoms with Crippen molar-refractivity contribution in [3.05, 3.63) is 21.3 Å². The Morgan fingerprint density at radius 2 is 2.27 bits per heavy atom. The van der Waals surface area contributed by atoms with Gasteiger partial charge in [0.15, 0.2) is 0 Å². The molecule has 3 rings (SSSR count). The Morgan fingerprint density at radius 1 is 1.40 bits per heavy atom. The van der Waals surface area contributed by atoms with E-state index < -0.39 is 0 Å². The third-order valence-corrected chi connectivity index (χ3v) is 5.60. The molecule has 82 valence electrons. The van der Waals surface area contributed by atoms with Gasteiger partial charge in [-0.3, -0.25) is 0 Å². The summed E-state index contributed by atoms with van der Waals surface area (Å²) in [4.78, 5) is 1.53. The van der Waals surface area contributed by atoms with Crippen LogP contribution in [-0.4, -0.2) is 13.1 Å². The molecule has 2 fully saturated rings. The van der Waals surface area contributed by atoms with Crippen molar-refractivity contribution in [3.8, 4) is 0 Å². The third kappa shape index (κ3) is 1.54. The summed E-state index contributed by atoms with van der Waals surface area (Å²) in [7, 11) is 0. The van der Waals surface area contributed by atoms with E-state index in [1.807, 2.05) is 0 Å². The molecule has 0 bridgehead atoms. The minimum Gasteiger partial charge on any atom is -0.316 e. The van der Waals surface area contributed by atoms with E-state index in [1.165, 1.54) is 43.6 Å². The topological polar surface area (TPSA) is 12.0 Å². The van der Waals surface area contributed by atoms with Crippen molar-refractivity contribution in [1.82, 2.24) is 5.32 Å². The lowest BCUT2D eigenvalue weighted by atomic mass is 9.60. The molecule has 15 heavy (non-hydrogen) atoms. The van der Waals surface area contributed by atoms with Crippen LogP contribution in [0.5, 0.6) is 0 Å². The van der Waals surface area contributed by atoms with E-state index in [1.54, 1.807) is 11.3 Å². The van der Waals surface area contributed by atoms with Gasteiger partial charge in [-0.1, -0.05) is 18.0 Å². The Balaban J connectivity index is 1.91. The number of thiophene rings is 1. The molecule has 2 aliphatic rings. The van der Waals surface area contributed by atoms with Crippen molar-refractivity contribution < 1.29 is 0 Å². The molecule has 1 N–H and O–H groups in total. The maximum Gasteiger partial charge on any atom is 0.0931 e. The first-order chi connectivity index (χ1) is 7.31. The molecule has 1 saturated heterocycles. The molecule has 1 aliphatic carbocycles. The number of rotatable bonds is 2. The van der Waals surface area contributed by atoms with Crippen LogP contribution in [0, 0.1) is 5.92 Å². The van der Waals surface area contributed by atoms with Gasteiger partial charge in [-0.25, -0.2) is 0 Å². The van der Waals surface area contributed by atoms with E-state index in [0.717, 1.165) is 10.3 Å². The average Bonchev–Trinajstić information content (AvgIpc) is 2.75. The van der Waals surface area contributed by atoms with E-state index in [2.05, 4.69) is 17.4 Å². The first-order valence-electron chi connectivity index (χ1n) is 5.78. The van der Waals surface area contributed by atoms with Crippen LogP contribution in [0.4, 0.5) is 0 Å². The van der Waals surface area contributed by atoms with Gasteiger partial charge in [-0.05, 0) is 50.4 Å². The van der Waals surface area contributed by atoms with Crippen LogP contribution in [0.25, 0.3) is 0 Å². The molecule has 1 nitrogen and oxygen atoms in total. The van der Waals surface area contributed by atoms with Gasteiger partial charge >= 0.3 is 0 Å². The predicted octanol–water partition coefficient (Wildman–Crippen LogP) is 3.43. The van der Waals surface area contributed by atoms with E-state index in [9.17, 15) is 0 Å². The highest BCUT2D eigenvalue weighted by Gasteiger charge is 2.46. The quantitative estimate of drug-likeness (QED) is 0.837. The summed E-state index contributed by atoms with van der Waals surface area (Å²) >= 11 is 7.85. The van der Waals surface area contributed by atoms with Gasteiger partial charge in [0, 0.05) is 10.3 Å². The van der Waals surface area contributed by atoms with Crippen LogP contribution in [0.1, 0.15) is 30.6 Å². The third-order valence-electron chi connectivity index (χ3n) is 4.15. The Labute approximate surface area is 99.8 Å². The van der Waals surface area contributed by atoms with Crippen LogP contribution in [0.15, 0.2) is 12.1 Å². The lowest BCUT2D eigenvalue weighted by Crippen LogP contribution is -2.42. The van der Waals surface area contributed by atoms with E-state index in [-0.39, 0.29) is 0 Å². The van der Waals surface area contributed by atoms with Crippen molar-refractivity contribution in [2.45, 2.75) is 31.1 Å². The van der Waals surface area contributed by atoms with Gasteiger partial charge in [0.2, 0.25) is 0 Å². The SMILES string of the molecule is Clc1ccc(C2(C3CCNC3)CCC2)s1. The highest BCUT2D eigenvalue weighted by Crippen LogP contribution is 2.53. The molecule has 1 aliphatic heterocycles. The molecule has 1 aromatic heterocycles. The number of hydrogen-bond acceptors (Lipinski definition) is 2. The van der Waals surface area contributed by atoms with E-state index in [4.69, 9.17) is 11.6 Å². The Kier molecular flexibility index (Phi) is 2.54. The molecular weight excluding hydrogens is 226 g/mol. The zero-order valence-electron chi connectivity index (χ0n) is 8.76. The molecular formula is C12H16ClNS. The normalized spacial score (nSPS) is 29.0. The summed E-state index contributed by atoms with van der Waals surface area (Å²) in [5, 5.41) is 3.49. The Bertz CT molecular complexity index is 350. The smallest absolute Gasteiger partial charge is 0.0931 e. The monoisotopic (exact) mass is 241 g/mol. The van der Waals surface area contributed by atoms with Crippen molar-refractivity contribution in [3.63, 3.8) is 0 Å². The summed E-state index contributed by atoms with van der Waals surface area (Å²) in [6.45, 7) is 2.40. The number of hydrogen-bond donors (Lipinski definition) is 1. The molecule has 2 heterocycles. The molecule has 0 amide bonds. The molecule has 3 heteroatoms. The lowest BCUT2D eigenvalue weighted by molar-refractivity contribution is 0.161. The van der Waals surface area contributed by atoms with Gasteiger partial charge in [-0.2, -0.15) is 0 Å². The molecule has 0 spiro atoms. The van der Waals surface area contributed by atoms with Gasteiger partial charge in [0.25, 0.3) is 0 Å². The molecule has 0 radical (unpaired) electrons. The van der Waals surface area contributed by atoms with Gasteiger partial charge in [0.1, 0.15) is 0 Å². The first kappa shape index (κ1) is 10.1. The second-order valence-corrected chi connectivity index (χ2v) is 6.52. The molecule has 0 aromatic carbocycles. The molecule has 1 saturated carbocycles. The summed E-state index contributed by atoms with van der Waals surface area (Å²) < 4.78 is 0.947. The highest BCUT2D eigenvalue weighted by atomic mass is 35.5. The first-order valence-corrected chi connectivity index (χ1v) is 6.97. The summed E-state index contributed by atoms with van der Waals surface area (Å²) in [5.74, 6) is 0.848.